The quantitative estimate of drug-likeness (QED) is 0.242. The van der Waals surface area contributed by atoms with E-state index in [1.807, 2.05) is 24.3 Å². The monoisotopic (exact) mass is 514 g/mol. The van der Waals surface area contributed by atoms with E-state index in [1.54, 1.807) is 31.2 Å². The molecule has 0 radical (unpaired) electrons. The van der Waals surface area contributed by atoms with Crippen molar-refractivity contribution in [3.63, 3.8) is 0 Å². The average Bonchev–Trinajstić information content (AvgIpc) is 3.39. The Hall–Kier alpha value is -4.04. The first-order valence-electron chi connectivity index (χ1n) is 11.9. The Labute approximate surface area is 218 Å². The van der Waals surface area contributed by atoms with Crippen LogP contribution in [0.3, 0.4) is 0 Å². The number of hydrogen-bond donors (Lipinski definition) is 0. The number of carbonyl (C=O) groups excluding carboxylic acids is 2. The summed E-state index contributed by atoms with van der Waals surface area (Å²) in [5, 5.41) is 0.684. The van der Waals surface area contributed by atoms with Gasteiger partial charge in [-0.15, -0.1) is 0 Å². The van der Waals surface area contributed by atoms with Crippen molar-refractivity contribution in [2.75, 3.05) is 11.5 Å². The van der Waals surface area contributed by atoms with E-state index in [0.717, 1.165) is 22.5 Å². The van der Waals surface area contributed by atoms with E-state index in [4.69, 9.17) is 9.15 Å². The highest BCUT2D eigenvalue weighted by Gasteiger charge is 2.45. The Morgan fingerprint density at radius 3 is 2.54 bits per heavy atom. The number of carbonyl (C=O) groups is 2. The Morgan fingerprint density at radius 1 is 1.16 bits per heavy atom. The number of amides is 1. The van der Waals surface area contributed by atoms with Gasteiger partial charge < -0.3 is 9.15 Å². The smallest absolute Gasteiger partial charge is 0.350 e. The summed E-state index contributed by atoms with van der Waals surface area (Å²) in [4.78, 5) is 46.4. The molecule has 1 aliphatic heterocycles. The maximum atomic E-state index is 13.8. The summed E-state index contributed by atoms with van der Waals surface area (Å²) in [5.41, 5.74) is 2.56. The van der Waals surface area contributed by atoms with Crippen LogP contribution in [0, 0.1) is 6.92 Å². The van der Waals surface area contributed by atoms with Crippen molar-refractivity contribution in [1.82, 2.24) is 4.98 Å². The van der Waals surface area contributed by atoms with E-state index in [9.17, 15) is 14.4 Å². The molecule has 1 amide bonds. The molecule has 8 heteroatoms. The third-order valence-electron chi connectivity index (χ3n) is 6.38. The SMILES string of the molecule is C=CCOC(=O)c1sc(N2C(=O)c3oc4ccccc4c(=O)c3[C@H]2c2ccc(C(C)(C)C)cc2)nc1C. The molecule has 7 nitrogen and oxygen atoms in total. The van der Waals surface area contributed by atoms with Gasteiger partial charge in [-0.05, 0) is 35.6 Å². The van der Waals surface area contributed by atoms with E-state index in [0.29, 0.717) is 16.7 Å². The second-order valence-electron chi connectivity index (χ2n) is 9.92. The van der Waals surface area contributed by atoms with Gasteiger partial charge in [-0.25, -0.2) is 9.78 Å². The zero-order chi connectivity index (χ0) is 26.5. The summed E-state index contributed by atoms with van der Waals surface area (Å²) in [6.45, 7) is 11.7. The average molecular weight is 515 g/mol. The maximum absolute atomic E-state index is 13.8. The number of esters is 1. The first-order valence-corrected chi connectivity index (χ1v) is 12.7. The van der Waals surface area contributed by atoms with Crippen LogP contribution in [0.5, 0.6) is 0 Å². The van der Waals surface area contributed by atoms with Gasteiger partial charge in [0.15, 0.2) is 10.6 Å². The molecule has 5 rings (SSSR count). The molecule has 0 saturated carbocycles. The fourth-order valence-electron chi connectivity index (χ4n) is 4.47. The molecule has 0 N–H and O–H groups in total. The van der Waals surface area contributed by atoms with Crippen molar-refractivity contribution in [2.24, 2.45) is 0 Å². The lowest BCUT2D eigenvalue weighted by atomic mass is 9.86. The standard InChI is InChI=1S/C29H26N2O5S/c1-6-15-35-27(34)25-16(2)30-28(37-25)31-22(17-11-13-18(14-12-17)29(3,4)5)21-23(32)19-9-7-8-10-20(19)36-24(21)26(31)33/h6-14,22H,1,15H2,2-5H3/t22-/m1/s1. The van der Waals surface area contributed by atoms with E-state index in [1.165, 1.54) is 11.0 Å². The summed E-state index contributed by atoms with van der Waals surface area (Å²) in [7, 11) is 0. The second kappa shape index (κ2) is 9.12. The molecule has 0 aliphatic carbocycles. The van der Waals surface area contributed by atoms with Crippen molar-refractivity contribution in [1.29, 1.82) is 0 Å². The van der Waals surface area contributed by atoms with Crippen LogP contribution in [0.4, 0.5) is 5.13 Å². The second-order valence-corrected chi connectivity index (χ2v) is 10.9. The third-order valence-corrected chi connectivity index (χ3v) is 7.52. The number of aryl methyl sites for hydroxylation is 1. The molecule has 0 bridgehead atoms. The van der Waals surface area contributed by atoms with Crippen molar-refractivity contribution < 1.29 is 18.7 Å². The molecule has 2 aromatic carbocycles. The fraction of sp³-hybridized carbons (Fsp3) is 0.241. The minimum absolute atomic E-state index is 0.0164. The normalized spacial score (nSPS) is 15.2. The molecule has 3 heterocycles. The highest BCUT2D eigenvalue weighted by atomic mass is 32.1. The van der Waals surface area contributed by atoms with Crippen LogP contribution in [0.25, 0.3) is 11.0 Å². The number of benzene rings is 2. The van der Waals surface area contributed by atoms with E-state index in [-0.39, 0.29) is 38.8 Å². The fourth-order valence-corrected chi connectivity index (χ4v) is 5.46. The number of ether oxygens (including phenoxy) is 1. The zero-order valence-corrected chi connectivity index (χ0v) is 21.8. The van der Waals surface area contributed by atoms with Crippen LogP contribution < -0.4 is 10.3 Å². The lowest BCUT2D eigenvalue weighted by Crippen LogP contribution is -2.29. The third kappa shape index (κ3) is 4.17. The largest absolute Gasteiger partial charge is 0.457 e. The first-order chi connectivity index (χ1) is 17.6. The van der Waals surface area contributed by atoms with E-state index in [2.05, 4.69) is 32.3 Å². The molecule has 2 aromatic heterocycles. The molecule has 1 aliphatic rings. The molecule has 37 heavy (non-hydrogen) atoms. The Kier molecular flexibility index (Phi) is 6.07. The van der Waals surface area contributed by atoms with Gasteiger partial charge in [-0.2, -0.15) is 0 Å². The summed E-state index contributed by atoms with van der Waals surface area (Å²) < 4.78 is 11.2. The van der Waals surface area contributed by atoms with Crippen LogP contribution in [0.1, 0.15) is 69.4 Å². The highest BCUT2D eigenvalue weighted by Crippen LogP contribution is 2.43. The van der Waals surface area contributed by atoms with Crippen LogP contribution in [0.15, 0.2) is 70.4 Å². The van der Waals surface area contributed by atoms with Gasteiger partial charge >= 0.3 is 5.97 Å². The highest BCUT2D eigenvalue weighted by molar-refractivity contribution is 7.17. The summed E-state index contributed by atoms with van der Waals surface area (Å²) in [6, 6.07) is 14.0. The number of hydrogen-bond acceptors (Lipinski definition) is 7. The van der Waals surface area contributed by atoms with Crippen molar-refractivity contribution in [3.8, 4) is 0 Å². The van der Waals surface area contributed by atoms with Crippen LogP contribution >= 0.6 is 11.3 Å². The van der Waals surface area contributed by atoms with Gasteiger partial charge in [0.05, 0.1) is 22.7 Å². The van der Waals surface area contributed by atoms with E-state index >= 15 is 0 Å². The summed E-state index contributed by atoms with van der Waals surface area (Å²) in [5.74, 6) is -1.05. The Morgan fingerprint density at radius 2 is 1.86 bits per heavy atom. The summed E-state index contributed by atoms with van der Waals surface area (Å²) in [6.07, 6.45) is 1.48. The van der Waals surface area contributed by atoms with Gasteiger partial charge in [0.2, 0.25) is 5.76 Å². The van der Waals surface area contributed by atoms with Crippen molar-refractivity contribution in [3.05, 3.63) is 104 Å². The molecule has 4 aromatic rings. The van der Waals surface area contributed by atoms with Crippen molar-refractivity contribution in [2.45, 2.75) is 39.2 Å². The lowest BCUT2D eigenvalue weighted by molar-refractivity contribution is 0.0554. The number of anilines is 1. The Bertz CT molecular complexity index is 1610. The molecule has 0 saturated heterocycles. The number of para-hydroxylation sites is 1. The number of aromatic nitrogens is 1. The molecular weight excluding hydrogens is 488 g/mol. The zero-order valence-electron chi connectivity index (χ0n) is 21.0. The topological polar surface area (TPSA) is 89.7 Å². The number of nitrogens with zero attached hydrogens (tertiary/aromatic N) is 2. The first kappa shape index (κ1) is 24.6. The minimum atomic E-state index is -0.764. The molecule has 188 valence electrons. The molecule has 0 unspecified atom stereocenters. The van der Waals surface area contributed by atoms with E-state index < -0.39 is 17.9 Å². The predicted octanol–water partition coefficient (Wildman–Crippen LogP) is 5.95. The van der Waals surface area contributed by atoms with Gasteiger partial charge in [-0.3, -0.25) is 14.5 Å². The number of rotatable bonds is 5. The maximum Gasteiger partial charge on any atom is 0.350 e. The van der Waals surface area contributed by atoms with Crippen LogP contribution in [-0.2, 0) is 10.2 Å². The van der Waals surface area contributed by atoms with Gasteiger partial charge in [0.25, 0.3) is 5.91 Å². The van der Waals surface area contributed by atoms with Gasteiger partial charge in [-0.1, -0.05) is 81.2 Å². The predicted molar refractivity (Wildman–Crippen MR) is 144 cm³/mol. The van der Waals surface area contributed by atoms with Crippen LogP contribution in [-0.4, -0.2) is 23.5 Å². The number of fused-ring (bicyclic) bond motifs is 2. The van der Waals surface area contributed by atoms with Crippen molar-refractivity contribution >= 4 is 39.3 Å². The van der Waals surface area contributed by atoms with Crippen LogP contribution in [0.2, 0.25) is 0 Å². The molecule has 1 atom stereocenters. The Balaban J connectivity index is 1.70. The molecule has 0 fully saturated rings. The molecular formula is C29H26N2O5S. The molecule has 0 spiro atoms. The minimum Gasteiger partial charge on any atom is -0.457 e. The summed E-state index contributed by atoms with van der Waals surface area (Å²) >= 11 is 1.05. The van der Waals surface area contributed by atoms with Gasteiger partial charge in [0, 0.05) is 0 Å². The van der Waals surface area contributed by atoms with Gasteiger partial charge in [0.1, 0.15) is 17.1 Å². The lowest BCUT2D eigenvalue weighted by Gasteiger charge is -2.24. The number of thiazole rings is 1.